The van der Waals surface area contributed by atoms with Crippen LogP contribution in [0.5, 0.6) is 11.5 Å². The molecule has 2 aromatic carbocycles. The summed E-state index contributed by atoms with van der Waals surface area (Å²) < 4.78 is 17.4. The molecule has 31 heavy (non-hydrogen) atoms. The number of aliphatic imine (C=N–C) groups is 1. The second kappa shape index (κ2) is 9.30. The van der Waals surface area contributed by atoms with E-state index in [1.165, 1.54) is 6.07 Å². The van der Waals surface area contributed by atoms with Gasteiger partial charge in [-0.3, -0.25) is 10.1 Å². The van der Waals surface area contributed by atoms with Crippen LogP contribution in [0.25, 0.3) is 6.08 Å². The van der Waals surface area contributed by atoms with Crippen molar-refractivity contribution in [3.8, 4) is 11.5 Å². The zero-order valence-corrected chi connectivity index (χ0v) is 19.1. The highest BCUT2D eigenvalue weighted by Gasteiger charge is 2.26. The summed E-state index contributed by atoms with van der Waals surface area (Å²) in [4.78, 5) is 27.3. The summed E-state index contributed by atoms with van der Waals surface area (Å²) >= 11 is 3.49. The van der Waals surface area contributed by atoms with E-state index >= 15 is 0 Å². The summed E-state index contributed by atoms with van der Waals surface area (Å²) in [6.45, 7) is 7.77. The second-order valence-electron chi connectivity index (χ2n) is 7.02. The summed E-state index contributed by atoms with van der Waals surface area (Å²) in [5, 5.41) is 11.2. The van der Waals surface area contributed by atoms with Crippen molar-refractivity contribution >= 4 is 39.6 Å². The minimum absolute atomic E-state index is 0.0169. The Kier molecular flexibility index (Phi) is 6.74. The third-order valence-electron chi connectivity index (χ3n) is 4.26. The van der Waals surface area contributed by atoms with Gasteiger partial charge in [-0.15, -0.1) is 0 Å². The van der Waals surface area contributed by atoms with Crippen LogP contribution in [0, 0.1) is 17.0 Å². The topological polar surface area (TPSA) is 100 Å². The van der Waals surface area contributed by atoms with Gasteiger partial charge in [-0.1, -0.05) is 6.07 Å². The summed E-state index contributed by atoms with van der Waals surface area (Å²) in [6.07, 6.45) is 1.51. The van der Waals surface area contributed by atoms with E-state index in [9.17, 15) is 14.9 Å². The summed E-state index contributed by atoms with van der Waals surface area (Å²) in [7, 11) is 0. The van der Waals surface area contributed by atoms with Gasteiger partial charge in [0.1, 0.15) is 0 Å². The lowest BCUT2D eigenvalue weighted by atomic mass is 10.1. The summed E-state index contributed by atoms with van der Waals surface area (Å²) in [5.41, 5.74) is 1.51. The molecular weight excluding hydrogens is 468 g/mol. The van der Waals surface area contributed by atoms with Crippen molar-refractivity contribution in [3.63, 3.8) is 0 Å². The Bertz CT molecular complexity index is 1110. The van der Waals surface area contributed by atoms with Crippen LogP contribution in [0.2, 0.25) is 0 Å². The van der Waals surface area contributed by atoms with E-state index in [2.05, 4.69) is 20.9 Å². The molecule has 0 radical (unpaired) electrons. The number of esters is 1. The average Bonchev–Trinajstić information content (AvgIpc) is 3.05. The largest absolute Gasteiger partial charge is 0.490 e. The summed E-state index contributed by atoms with van der Waals surface area (Å²) in [5.74, 6) is 0.476. The molecular formula is C22H21BrN2O6. The molecule has 1 aliphatic heterocycles. The predicted octanol–water partition coefficient (Wildman–Crippen LogP) is 5.20. The van der Waals surface area contributed by atoms with Crippen molar-refractivity contribution in [2.45, 2.75) is 33.8 Å². The van der Waals surface area contributed by atoms with Crippen LogP contribution in [-0.2, 0) is 9.53 Å². The van der Waals surface area contributed by atoms with Crippen molar-refractivity contribution in [1.82, 2.24) is 0 Å². The Hall–Kier alpha value is -3.20. The monoisotopic (exact) mass is 488 g/mol. The van der Waals surface area contributed by atoms with Gasteiger partial charge in [0.25, 0.3) is 5.69 Å². The maximum atomic E-state index is 12.3. The number of nitro groups is 1. The molecule has 1 aliphatic rings. The number of halogens is 1. The van der Waals surface area contributed by atoms with E-state index in [1.807, 2.05) is 20.8 Å². The molecule has 0 amide bonds. The molecule has 3 rings (SSSR count). The van der Waals surface area contributed by atoms with E-state index in [-0.39, 0.29) is 23.4 Å². The molecule has 2 aromatic rings. The van der Waals surface area contributed by atoms with Gasteiger partial charge in [-0.25, -0.2) is 9.79 Å². The van der Waals surface area contributed by atoms with Crippen LogP contribution in [0.3, 0.4) is 0 Å². The molecule has 0 bridgehead atoms. The molecule has 0 unspecified atom stereocenters. The standard InChI is InChI=1S/C22H21BrN2O6/c1-5-29-19-10-14(8-16(23)20(19)30-12(2)3)9-17-22(26)31-21(24-17)15-7-6-13(4)18(11-15)25(27)28/h6-12H,5H2,1-4H3/b17-9-. The third kappa shape index (κ3) is 5.11. The molecule has 162 valence electrons. The number of ether oxygens (including phenoxy) is 3. The van der Waals surface area contributed by atoms with Crippen LogP contribution in [-0.4, -0.2) is 29.5 Å². The average molecular weight is 489 g/mol. The Morgan fingerprint density at radius 1 is 1.29 bits per heavy atom. The van der Waals surface area contributed by atoms with E-state index in [4.69, 9.17) is 14.2 Å². The van der Waals surface area contributed by atoms with Crippen LogP contribution in [0.15, 0.2) is 45.5 Å². The maximum absolute atomic E-state index is 12.3. The van der Waals surface area contributed by atoms with E-state index in [1.54, 1.807) is 37.3 Å². The lowest BCUT2D eigenvalue weighted by Crippen LogP contribution is -2.08. The van der Waals surface area contributed by atoms with Crippen LogP contribution >= 0.6 is 15.9 Å². The van der Waals surface area contributed by atoms with Crippen molar-refractivity contribution in [3.05, 3.63) is 67.3 Å². The Labute approximate surface area is 187 Å². The summed E-state index contributed by atoms with van der Waals surface area (Å²) in [6, 6.07) is 8.08. The van der Waals surface area contributed by atoms with Crippen LogP contribution in [0.1, 0.15) is 37.5 Å². The zero-order valence-electron chi connectivity index (χ0n) is 17.5. The van der Waals surface area contributed by atoms with Crippen LogP contribution < -0.4 is 9.47 Å². The van der Waals surface area contributed by atoms with Crippen molar-refractivity contribution in [2.24, 2.45) is 4.99 Å². The lowest BCUT2D eigenvalue weighted by Gasteiger charge is -2.16. The first-order chi connectivity index (χ1) is 14.7. The third-order valence-corrected chi connectivity index (χ3v) is 4.85. The number of nitrogens with zero attached hydrogens (tertiary/aromatic N) is 2. The maximum Gasteiger partial charge on any atom is 0.363 e. The number of carbonyl (C=O) groups is 1. The van der Waals surface area contributed by atoms with E-state index < -0.39 is 10.9 Å². The highest BCUT2D eigenvalue weighted by Crippen LogP contribution is 2.38. The van der Waals surface area contributed by atoms with Gasteiger partial charge in [0.15, 0.2) is 17.2 Å². The number of nitro benzene ring substituents is 1. The Balaban J connectivity index is 1.98. The van der Waals surface area contributed by atoms with Gasteiger partial charge in [0, 0.05) is 17.2 Å². The SMILES string of the molecule is CCOc1cc(/C=C2\N=C(c3ccc(C)c([N+](=O)[O-])c3)OC2=O)cc(Br)c1OC(C)C. The first-order valence-corrected chi connectivity index (χ1v) is 10.4. The van der Waals surface area contributed by atoms with E-state index in [0.717, 1.165) is 0 Å². The van der Waals surface area contributed by atoms with Crippen molar-refractivity contribution in [2.75, 3.05) is 6.61 Å². The molecule has 0 saturated carbocycles. The fourth-order valence-electron chi connectivity index (χ4n) is 2.91. The van der Waals surface area contributed by atoms with E-state index in [0.29, 0.717) is 39.3 Å². The number of carbonyl (C=O) groups excluding carboxylic acids is 1. The van der Waals surface area contributed by atoms with Crippen LogP contribution in [0.4, 0.5) is 5.69 Å². The predicted molar refractivity (Wildman–Crippen MR) is 120 cm³/mol. The molecule has 9 heteroatoms. The Morgan fingerprint density at radius 3 is 2.68 bits per heavy atom. The highest BCUT2D eigenvalue weighted by atomic mass is 79.9. The molecule has 8 nitrogen and oxygen atoms in total. The number of benzene rings is 2. The van der Waals surface area contributed by atoms with Gasteiger partial charge in [-0.05, 0) is 73.5 Å². The minimum Gasteiger partial charge on any atom is -0.490 e. The molecule has 0 aromatic heterocycles. The number of aryl methyl sites for hydroxylation is 1. The molecule has 0 spiro atoms. The number of hydrogen-bond donors (Lipinski definition) is 0. The highest BCUT2D eigenvalue weighted by molar-refractivity contribution is 9.10. The molecule has 0 aliphatic carbocycles. The smallest absolute Gasteiger partial charge is 0.363 e. The quantitative estimate of drug-likeness (QED) is 0.230. The zero-order chi connectivity index (χ0) is 22.7. The first-order valence-electron chi connectivity index (χ1n) is 9.60. The van der Waals surface area contributed by atoms with Gasteiger partial charge >= 0.3 is 5.97 Å². The Morgan fingerprint density at radius 2 is 2.03 bits per heavy atom. The lowest BCUT2D eigenvalue weighted by molar-refractivity contribution is -0.385. The molecule has 0 atom stereocenters. The van der Waals surface area contributed by atoms with Crippen molar-refractivity contribution < 1.29 is 23.9 Å². The molecule has 0 N–H and O–H groups in total. The second-order valence-corrected chi connectivity index (χ2v) is 7.88. The number of hydrogen-bond acceptors (Lipinski definition) is 7. The molecule has 0 fully saturated rings. The van der Waals surface area contributed by atoms with Gasteiger partial charge < -0.3 is 14.2 Å². The number of cyclic esters (lactones) is 1. The number of rotatable bonds is 7. The van der Waals surface area contributed by atoms with Crippen molar-refractivity contribution in [1.29, 1.82) is 0 Å². The van der Waals surface area contributed by atoms with Gasteiger partial charge in [0.2, 0.25) is 5.90 Å². The van der Waals surface area contributed by atoms with Gasteiger partial charge in [-0.2, -0.15) is 0 Å². The fourth-order valence-corrected chi connectivity index (χ4v) is 3.47. The van der Waals surface area contributed by atoms with Gasteiger partial charge in [0.05, 0.1) is 22.1 Å². The normalized spacial score (nSPS) is 14.6. The fraction of sp³-hybridized carbons (Fsp3) is 0.273. The molecule has 1 heterocycles. The molecule has 0 saturated heterocycles. The first kappa shape index (κ1) is 22.5. The minimum atomic E-state index is -0.644.